The Bertz CT molecular complexity index is 639. The van der Waals surface area contributed by atoms with Crippen LogP contribution in [0.5, 0.6) is 0 Å². The quantitative estimate of drug-likeness (QED) is 0.535. The van der Waals surface area contributed by atoms with E-state index in [1.54, 1.807) is 13.1 Å². The third kappa shape index (κ3) is 7.18. The van der Waals surface area contributed by atoms with Gasteiger partial charge in [-0.1, -0.05) is 26.3 Å². The van der Waals surface area contributed by atoms with E-state index in [0.29, 0.717) is 17.0 Å². The standard InChI is InChI=1S/C18H26FN3O4/c1-5-12(2)17(18(25)26-4)21-16(24)11-22(3)10-15(23)20-14-8-6-7-13(19)9-14/h6-9,12,17H,5,10-11H2,1-4H3,(H,20,23)(H,21,24)/p+1/t12-,17-/m1/s1. The summed E-state index contributed by atoms with van der Waals surface area (Å²) in [6.07, 6.45) is 0.707. The lowest BCUT2D eigenvalue weighted by Crippen LogP contribution is -3.11. The van der Waals surface area contributed by atoms with Crippen molar-refractivity contribution in [2.45, 2.75) is 26.3 Å². The second-order valence-corrected chi connectivity index (χ2v) is 6.32. The van der Waals surface area contributed by atoms with Gasteiger partial charge in [0, 0.05) is 5.69 Å². The van der Waals surface area contributed by atoms with Crippen molar-refractivity contribution >= 4 is 23.5 Å². The molecule has 0 aromatic heterocycles. The van der Waals surface area contributed by atoms with Crippen LogP contribution in [-0.4, -0.2) is 51.1 Å². The fourth-order valence-electron chi connectivity index (χ4n) is 2.40. The van der Waals surface area contributed by atoms with Crippen molar-refractivity contribution in [3.8, 4) is 0 Å². The van der Waals surface area contributed by atoms with Crippen LogP contribution in [0.2, 0.25) is 0 Å². The Balaban J connectivity index is 2.52. The molecule has 0 bridgehead atoms. The molecule has 3 atom stereocenters. The fourth-order valence-corrected chi connectivity index (χ4v) is 2.40. The number of methoxy groups -OCH3 is 1. The van der Waals surface area contributed by atoms with Gasteiger partial charge in [-0.2, -0.15) is 0 Å². The molecule has 144 valence electrons. The lowest BCUT2D eigenvalue weighted by molar-refractivity contribution is -0.862. The van der Waals surface area contributed by atoms with Gasteiger partial charge in [-0.15, -0.1) is 0 Å². The average Bonchev–Trinajstić information content (AvgIpc) is 2.57. The predicted octanol–water partition coefficient (Wildman–Crippen LogP) is -0.0172. The third-order valence-electron chi connectivity index (χ3n) is 4.02. The Labute approximate surface area is 152 Å². The third-order valence-corrected chi connectivity index (χ3v) is 4.02. The summed E-state index contributed by atoms with van der Waals surface area (Å²) in [5.74, 6) is -1.69. The Hall–Kier alpha value is -2.48. The molecule has 0 aliphatic heterocycles. The molecule has 26 heavy (non-hydrogen) atoms. The molecule has 0 spiro atoms. The molecule has 8 heteroatoms. The van der Waals surface area contributed by atoms with Crippen molar-refractivity contribution < 1.29 is 28.4 Å². The van der Waals surface area contributed by atoms with E-state index in [1.165, 1.54) is 25.3 Å². The van der Waals surface area contributed by atoms with E-state index in [4.69, 9.17) is 4.74 Å². The molecule has 7 nitrogen and oxygen atoms in total. The van der Waals surface area contributed by atoms with Crippen LogP contribution < -0.4 is 15.5 Å². The minimum atomic E-state index is -0.716. The highest BCUT2D eigenvalue weighted by Gasteiger charge is 2.27. The zero-order valence-corrected chi connectivity index (χ0v) is 15.6. The SMILES string of the molecule is CC[C@@H](C)[C@@H](NC(=O)C[NH+](C)CC(=O)Nc1cccc(F)c1)C(=O)OC. The van der Waals surface area contributed by atoms with Crippen LogP contribution in [-0.2, 0) is 19.1 Å². The number of rotatable bonds is 9. The molecule has 1 aromatic rings. The average molecular weight is 368 g/mol. The highest BCUT2D eigenvalue weighted by atomic mass is 19.1. The normalized spacial score (nSPS) is 14.0. The van der Waals surface area contributed by atoms with E-state index in [0.717, 1.165) is 0 Å². The summed E-state index contributed by atoms with van der Waals surface area (Å²) in [7, 11) is 2.96. The van der Waals surface area contributed by atoms with Crippen LogP contribution >= 0.6 is 0 Å². The van der Waals surface area contributed by atoms with Gasteiger partial charge in [0.05, 0.1) is 14.2 Å². The number of benzene rings is 1. The minimum Gasteiger partial charge on any atom is -0.467 e. The molecule has 3 N–H and O–H groups in total. The van der Waals surface area contributed by atoms with Gasteiger partial charge in [0.25, 0.3) is 11.8 Å². The van der Waals surface area contributed by atoms with Crippen molar-refractivity contribution in [1.82, 2.24) is 5.32 Å². The van der Waals surface area contributed by atoms with E-state index in [1.807, 2.05) is 13.8 Å². The van der Waals surface area contributed by atoms with Crippen molar-refractivity contribution in [3.63, 3.8) is 0 Å². The van der Waals surface area contributed by atoms with E-state index < -0.39 is 17.8 Å². The molecule has 0 heterocycles. The van der Waals surface area contributed by atoms with Gasteiger partial charge in [0.1, 0.15) is 11.9 Å². The Morgan fingerprint density at radius 2 is 1.88 bits per heavy atom. The van der Waals surface area contributed by atoms with Crippen LogP contribution in [0.15, 0.2) is 24.3 Å². The first-order chi connectivity index (χ1) is 12.3. The first-order valence-corrected chi connectivity index (χ1v) is 8.50. The van der Waals surface area contributed by atoms with E-state index >= 15 is 0 Å². The summed E-state index contributed by atoms with van der Waals surface area (Å²) in [5, 5.41) is 5.24. The number of halogens is 1. The van der Waals surface area contributed by atoms with Gasteiger partial charge < -0.3 is 20.3 Å². The number of carbonyl (C=O) groups excluding carboxylic acids is 3. The molecule has 0 fully saturated rings. The Morgan fingerprint density at radius 3 is 2.46 bits per heavy atom. The van der Waals surface area contributed by atoms with Gasteiger partial charge in [0.15, 0.2) is 13.1 Å². The van der Waals surface area contributed by atoms with Gasteiger partial charge in [-0.3, -0.25) is 9.59 Å². The molecule has 1 unspecified atom stereocenters. The molecule has 0 saturated heterocycles. The van der Waals surface area contributed by atoms with E-state index in [9.17, 15) is 18.8 Å². The molecule has 1 rings (SSSR count). The molecular weight excluding hydrogens is 341 g/mol. The molecule has 0 aliphatic carbocycles. The minimum absolute atomic E-state index is 0.0144. The maximum Gasteiger partial charge on any atom is 0.328 e. The van der Waals surface area contributed by atoms with Crippen molar-refractivity contribution in [2.75, 3.05) is 32.6 Å². The van der Waals surface area contributed by atoms with Gasteiger partial charge in [0.2, 0.25) is 0 Å². The maximum atomic E-state index is 13.1. The van der Waals surface area contributed by atoms with E-state index in [2.05, 4.69) is 10.6 Å². The van der Waals surface area contributed by atoms with Gasteiger partial charge in [-0.25, -0.2) is 9.18 Å². The molecule has 0 saturated carbocycles. The van der Waals surface area contributed by atoms with Crippen LogP contribution in [0.3, 0.4) is 0 Å². The molecule has 1 aromatic carbocycles. The zero-order chi connectivity index (χ0) is 19.7. The summed E-state index contributed by atoms with van der Waals surface area (Å²) in [6, 6.07) is 4.86. The topological polar surface area (TPSA) is 88.9 Å². The summed E-state index contributed by atoms with van der Waals surface area (Å²) < 4.78 is 17.8. The molecule has 0 radical (unpaired) electrons. The lowest BCUT2D eigenvalue weighted by atomic mass is 9.99. The molecule has 2 amide bonds. The number of nitrogens with one attached hydrogen (secondary N) is 3. The first kappa shape index (κ1) is 21.6. The van der Waals surface area contributed by atoms with Crippen molar-refractivity contribution in [2.24, 2.45) is 5.92 Å². The second kappa shape index (κ2) is 10.5. The number of hydrogen-bond acceptors (Lipinski definition) is 4. The maximum absolute atomic E-state index is 13.1. The smallest absolute Gasteiger partial charge is 0.328 e. The number of amides is 2. The van der Waals surface area contributed by atoms with Crippen LogP contribution in [0, 0.1) is 11.7 Å². The number of quaternary nitrogens is 1. The van der Waals surface area contributed by atoms with Crippen LogP contribution in [0.4, 0.5) is 10.1 Å². The number of ether oxygens (including phenoxy) is 1. The van der Waals surface area contributed by atoms with Gasteiger partial charge in [-0.05, 0) is 24.1 Å². The number of anilines is 1. The Kier molecular flexibility index (Phi) is 8.71. The number of hydrogen-bond donors (Lipinski definition) is 3. The largest absolute Gasteiger partial charge is 0.467 e. The summed E-state index contributed by atoms with van der Waals surface area (Å²) in [6.45, 7) is 3.81. The number of esters is 1. The second-order valence-electron chi connectivity index (χ2n) is 6.32. The Morgan fingerprint density at radius 1 is 1.23 bits per heavy atom. The monoisotopic (exact) mass is 368 g/mol. The summed E-state index contributed by atoms with van der Waals surface area (Å²) >= 11 is 0. The van der Waals surface area contributed by atoms with Crippen molar-refractivity contribution in [1.29, 1.82) is 0 Å². The summed E-state index contributed by atoms with van der Waals surface area (Å²) in [5.41, 5.74) is 0.356. The predicted molar refractivity (Wildman–Crippen MR) is 95.1 cm³/mol. The lowest BCUT2D eigenvalue weighted by Gasteiger charge is -2.22. The zero-order valence-electron chi connectivity index (χ0n) is 15.6. The highest BCUT2D eigenvalue weighted by Crippen LogP contribution is 2.09. The number of likely N-dealkylation sites (N-methyl/N-ethyl adjacent to an activating group) is 1. The van der Waals surface area contributed by atoms with Crippen molar-refractivity contribution in [3.05, 3.63) is 30.1 Å². The van der Waals surface area contributed by atoms with Crippen LogP contribution in [0.1, 0.15) is 20.3 Å². The molecular formula is C18H27FN3O4+. The van der Waals surface area contributed by atoms with Gasteiger partial charge >= 0.3 is 5.97 Å². The summed E-state index contributed by atoms with van der Waals surface area (Å²) in [4.78, 5) is 36.6. The fraction of sp³-hybridized carbons (Fsp3) is 0.500. The van der Waals surface area contributed by atoms with Crippen LogP contribution in [0.25, 0.3) is 0 Å². The van der Waals surface area contributed by atoms with E-state index in [-0.39, 0.29) is 30.8 Å². The molecule has 0 aliphatic rings. The first-order valence-electron chi connectivity index (χ1n) is 8.50. The highest BCUT2D eigenvalue weighted by molar-refractivity contribution is 5.91. The number of carbonyl (C=O) groups is 3.